The molecule has 1 aliphatic carbocycles. The summed E-state index contributed by atoms with van der Waals surface area (Å²) < 4.78 is 0. The Balaban J connectivity index is 1.85. The molecule has 0 bridgehead atoms. The van der Waals surface area contributed by atoms with Crippen molar-refractivity contribution in [3.05, 3.63) is 35.4 Å². The van der Waals surface area contributed by atoms with E-state index < -0.39 is 0 Å². The van der Waals surface area contributed by atoms with E-state index in [0.29, 0.717) is 0 Å². The summed E-state index contributed by atoms with van der Waals surface area (Å²) in [6.07, 6.45) is 15.2. The fourth-order valence-corrected chi connectivity index (χ4v) is 4.99. The van der Waals surface area contributed by atoms with Crippen molar-refractivity contribution >= 4 is 0 Å². The molecule has 0 aliphatic heterocycles. The number of rotatable bonds is 14. The van der Waals surface area contributed by atoms with Gasteiger partial charge in [-0.05, 0) is 87.5 Å². The molecule has 1 nitrogen and oxygen atoms in total. The summed E-state index contributed by atoms with van der Waals surface area (Å²) in [7, 11) is 0. The van der Waals surface area contributed by atoms with Crippen molar-refractivity contribution in [2.45, 2.75) is 97.3 Å². The van der Waals surface area contributed by atoms with Crippen LogP contribution >= 0.6 is 0 Å². The molecule has 0 heterocycles. The van der Waals surface area contributed by atoms with Gasteiger partial charge in [-0.1, -0.05) is 70.7 Å². The van der Waals surface area contributed by atoms with Crippen LogP contribution in [-0.2, 0) is 6.42 Å². The molecule has 148 valence electrons. The Labute approximate surface area is 163 Å². The van der Waals surface area contributed by atoms with Crippen molar-refractivity contribution < 1.29 is 0 Å². The summed E-state index contributed by atoms with van der Waals surface area (Å²) >= 11 is 0. The maximum atomic E-state index is 2.68. The van der Waals surface area contributed by atoms with Gasteiger partial charge in [0.25, 0.3) is 0 Å². The molecular weight excluding hydrogens is 314 g/mol. The van der Waals surface area contributed by atoms with Gasteiger partial charge in [0.2, 0.25) is 0 Å². The first-order chi connectivity index (χ1) is 12.8. The second-order valence-electron chi connectivity index (χ2n) is 8.44. The predicted molar refractivity (Wildman–Crippen MR) is 116 cm³/mol. The summed E-state index contributed by atoms with van der Waals surface area (Å²) in [5.74, 6) is 1.75. The SMILES string of the molecule is CCCCCC(CCCCN(CCC)CCC)C1CCc2ccccc21. The van der Waals surface area contributed by atoms with Crippen LogP contribution in [0.5, 0.6) is 0 Å². The third-order valence-electron chi connectivity index (χ3n) is 6.31. The summed E-state index contributed by atoms with van der Waals surface area (Å²) in [6.45, 7) is 10.8. The van der Waals surface area contributed by atoms with E-state index in [-0.39, 0.29) is 0 Å². The van der Waals surface area contributed by atoms with Crippen molar-refractivity contribution in [3.8, 4) is 0 Å². The fraction of sp³-hybridized carbons (Fsp3) is 0.760. The van der Waals surface area contributed by atoms with Gasteiger partial charge in [0.05, 0.1) is 0 Å². The lowest BCUT2D eigenvalue weighted by Gasteiger charge is -2.26. The maximum absolute atomic E-state index is 2.68. The first-order valence-corrected chi connectivity index (χ1v) is 11.6. The van der Waals surface area contributed by atoms with Crippen molar-refractivity contribution in [2.75, 3.05) is 19.6 Å². The van der Waals surface area contributed by atoms with Crippen LogP contribution in [-0.4, -0.2) is 24.5 Å². The third kappa shape index (κ3) is 6.72. The molecule has 2 unspecified atom stereocenters. The quantitative estimate of drug-likeness (QED) is 0.318. The molecule has 2 rings (SSSR count). The normalized spacial score (nSPS) is 17.6. The van der Waals surface area contributed by atoms with Gasteiger partial charge < -0.3 is 4.90 Å². The van der Waals surface area contributed by atoms with Gasteiger partial charge in [-0.2, -0.15) is 0 Å². The van der Waals surface area contributed by atoms with Gasteiger partial charge in [0, 0.05) is 0 Å². The average Bonchev–Trinajstić information content (AvgIpc) is 3.08. The van der Waals surface area contributed by atoms with E-state index in [4.69, 9.17) is 0 Å². The van der Waals surface area contributed by atoms with Gasteiger partial charge in [-0.3, -0.25) is 0 Å². The number of fused-ring (bicyclic) bond motifs is 1. The smallest absolute Gasteiger partial charge is 0.00187 e. The Morgan fingerprint density at radius 1 is 0.846 bits per heavy atom. The number of benzene rings is 1. The molecule has 0 saturated carbocycles. The third-order valence-corrected chi connectivity index (χ3v) is 6.31. The lowest BCUT2D eigenvalue weighted by molar-refractivity contribution is 0.260. The molecule has 0 radical (unpaired) electrons. The van der Waals surface area contributed by atoms with Gasteiger partial charge in [0.1, 0.15) is 0 Å². The first-order valence-electron chi connectivity index (χ1n) is 11.6. The Kier molecular flexibility index (Phi) is 10.4. The van der Waals surface area contributed by atoms with E-state index in [2.05, 4.69) is 49.9 Å². The summed E-state index contributed by atoms with van der Waals surface area (Å²) in [5.41, 5.74) is 3.32. The Morgan fingerprint density at radius 3 is 2.23 bits per heavy atom. The van der Waals surface area contributed by atoms with Crippen LogP contribution in [0.2, 0.25) is 0 Å². The molecule has 0 aromatic heterocycles. The van der Waals surface area contributed by atoms with Crippen LogP contribution in [0.15, 0.2) is 24.3 Å². The number of hydrogen-bond donors (Lipinski definition) is 0. The van der Waals surface area contributed by atoms with E-state index in [1.54, 1.807) is 11.1 Å². The van der Waals surface area contributed by atoms with Crippen LogP contribution < -0.4 is 0 Å². The van der Waals surface area contributed by atoms with Gasteiger partial charge >= 0.3 is 0 Å². The second kappa shape index (κ2) is 12.5. The molecular formula is C25H43N. The topological polar surface area (TPSA) is 3.24 Å². The second-order valence-corrected chi connectivity index (χ2v) is 8.44. The minimum Gasteiger partial charge on any atom is -0.303 e. The highest BCUT2D eigenvalue weighted by Gasteiger charge is 2.28. The zero-order chi connectivity index (χ0) is 18.6. The summed E-state index contributed by atoms with van der Waals surface area (Å²) in [5, 5.41) is 0. The van der Waals surface area contributed by atoms with Gasteiger partial charge in [0.15, 0.2) is 0 Å². The van der Waals surface area contributed by atoms with Crippen LogP contribution in [0.3, 0.4) is 0 Å². The standard InChI is InChI=1S/C25H43N/c1-4-7-8-13-22(15-11-12-21-26(19-5-2)20-6-3)25-18-17-23-14-9-10-16-24(23)25/h9-10,14,16,22,25H,4-8,11-13,15,17-21H2,1-3H3. The van der Waals surface area contributed by atoms with Crippen LogP contribution in [0.25, 0.3) is 0 Å². The molecule has 1 aromatic carbocycles. The van der Waals surface area contributed by atoms with E-state index in [9.17, 15) is 0 Å². The highest BCUT2D eigenvalue weighted by Crippen LogP contribution is 2.42. The Hall–Kier alpha value is -0.820. The Bertz CT molecular complexity index is 475. The summed E-state index contributed by atoms with van der Waals surface area (Å²) in [4.78, 5) is 2.68. The monoisotopic (exact) mass is 357 g/mol. The van der Waals surface area contributed by atoms with Gasteiger partial charge in [-0.15, -0.1) is 0 Å². The molecule has 26 heavy (non-hydrogen) atoms. The number of unbranched alkanes of at least 4 members (excludes halogenated alkanes) is 3. The molecule has 0 spiro atoms. The van der Waals surface area contributed by atoms with E-state index in [0.717, 1.165) is 11.8 Å². The molecule has 2 atom stereocenters. The lowest BCUT2D eigenvalue weighted by atomic mass is 9.80. The lowest BCUT2D eigenvalue weighted by Crippen LogP contribution is -2.26. The molecule has 0 saturated heterocycles. The van der Waals surface area contributed by atoms with Crippen molar-refractivity contribution in [1.29, 1.82) is 0 Å². The van der Waals surface area contributed by atoms with Gasteiger partial charge in [-0.25, -0.2) is 0 Å². The highest BCUT2D eigenvalue weighted by atomic mass is 15.1. The average molecular weight is 358 g/mol. The minimum atomic E-state index is 0.838. The zero-order valence-corrected chi connectivity index (χ0v) is 17.8. The highest BCUT2D eigenvalue weighted by molar-refractivity contribution is 5.35. The van der Waals surface area contributed by atoms with E-state index in [1.807, 2.05) is 0 Å². The number of aryl methyl sites for hydroxylation is 1. The minimum absolute atomic E-state index is 0.838. The molecule has 0 amide bonds. The largest absolute Gasteiger partial charge is 0.303 e. The first kappa shape index (κ1) is 21.5. The van der Waals surface area contributed by atoms with Crippen molar-refractivity contribution in [1.82, 2.24) is 4.90 Å². The molecule has 1 aliphatic rings. The fourth-order valence-electron chi connectivity index (χ4n) is 4.99. The van der Waals surface area contributed by atoms with Crippen molar-refractivity contribution in [3.63, 3.8) is 0 Å². The maximum Gasteiger partial charge on any atom is -0.00187 e. The molecule has 1 heteroatoms. The van der Waals surface area contributed by atoms with Crippen LogP contribution in [0.1, 0.15) is 102 Å². The van der Waals surface area contributed by atoms with E-state index in [1.165, 1.54) is 90.3 Å². The Morgan fingerprint density at radius 2 is 1.54 bits per heavy atom. The molecule has 0 fully saturated rings. The van der Waals surface area contributed by atoms with E-state index >= 15 is 0 Å². The van der Waals surface area contributed by atoms with Crippen molar-refractivity contribution in [2.24, 2.45) is 5.92 Å². The van der Waals surface area contributed by atoms with Crippen LogP contribution in [0, 0.1) is 5.92 Å². The number of hydrogen-bond acceptors (Lipinski definition) is 1. The zero-order valence-electron chi connectivity index (χ0n) is 17.8. The molecule has 1 aromatic rings. The number of nitrogens with zero attached hydrogens (tertiary/aromatic N) is 1. The van der Waals surface area contributed by atoms with Crippen LogP contribution in [0.4, 0.5) is 0 Å². The summed E-state index contributed by atoms with van der Waals surface area (Å²) in [6, 6.07) is 9.27. The molecule has 0 N–H and O–H groups in total. The predicted octanol–water partition coefficient (Wildman–Crippen LogP) is 7.21.